The van der Waals surface area contributed by atoms with E-state index >= 15 is 0 Å². The van der Waals surface area contributed by atoms with Crippen molar-refractivity contribution >= 4 is 40.0 Å². The molecule has 0 aliphatic heterocycles. The molecule has 136 valence electrons. The van der Waals surface area contributed by atoms with Crippen LogP contribution in [0, 0.1) is 4.77 Å². The van der Waals surface area contributed by atoms with Gasteiger partial charge in [-0.2, -0.15) is 0 Å². The van der Waals surface area contributed by atoms with Gasteiger partial charge >= 0.3 is 5.97 Å². The highest BCUT2D eigenvalue weighted by molar-refractivity contribution is 7.71. The van der Waals surface area contributed by atoms with Crippen LogP contribution in [0.3, 0.4) is 0 Å². The van der Waals surface area contributed by atoms with E-state index in [-0.39, 0.29) is 5.56 Å². The van der Waals surface area contributed by atoms with E-state index in [9.17, 15) is 9.59 Å². The van der Waals surface area contributed by atoms with Gasteiger partial charge in [0.1, 0.15) is 0 Å². The number of ether oxygens (including phenoxy) is 1. The molecule has 2 aromatic heterocycles. The van der Waals surface area contributed by atoms with Crippen LogP contribution in [0.1, 0.15) is 15.9 Å². The molecule has 0 aliphatic carbocycles. The molecular formula is C20H17N3O3S. The van der Waals surface area contributed by atoms with Crippen LogP contribution in [0.15, 0.2) is 53.5 Å². The minimum atomic E-state index is -0.459. The second-order valence-corrected chi connectivity index (χ2v) is 6.64. The van der Waals surface area contributed by atoms with Gasteiger partial charge in [-0.05, 0) is 48.5 Å². The highest BCUT2D eigenvalue weighted by atomic mass is 32.1. The van der Waals surface area contributed by atoms with Crippen LogP contribution in [-0.2, 0) is 17.7 Å². The Morgan fingerprint density at radius 3 is 2.78 bits per heavy atom. The fourth-order valence-corrected chi connectivity index (χ4v) is 3.56. The zero-order valence-electron chi connectivity index (χ0n) is 14.6. The lowest BCUT2D eigenvalue weighted by Gasteiger charge is -2.09. The van der Waals surface area contributed by atoms with Crippen molar-refractivity contribution in [1.82, 2.24) is 14.5 Å². The molecule has 0 amide bonds. The number of benzene rings is 2. The summed E-state index contributed by atoms with van der Waals surface area (Å²) in [7, 11) is 1.32. The van der Waals surface area contributed by atoms with Gasteiger partial charge in [-0.15, -0.1) is 0 Å². The fourth-order valence-electron chi connectivity index (χ4n) is 3.27. The molecule has 0 aliphatic rings. The average Bonchev–Trinajstić information content (AvgIpc) is 3.10. The van der Waals surface area contributed by atoms with E-state index in [0.717, 1.165) is 16.5 Å². The largest absolute Gasteiger partial charge is 0.465 e. The van der Waals surface area contributed by atoms with Gasteiger partial charge in [-0.1, -0.05) is 18.2 Å². The maximum Gasteiger partial charge on any atom is 0.337 e. The molecule has 27 heavy (non-hydrogen) atoms. The number of rotatable bonds is 4. The van der Waals surface area contributed by atoms with Gasteiger partial charge in [-0.25, -0.2) is 4.79 Å². The predicted molar refractivity (Wildman–Crippen MR) is 107 cm³/mol. The number of hydrogen-bond acceptors (Lipinski definition) is 4. The Morgan fingerprint density at radius 1 is 1.15 bits per heavy atom. The third kappa shape index (κ3) is 3.06. The van der Waals surface area contributed by atoms with Crippen LogP contribution in [0.5, 0.6) is 0 Å². The summed E-state index contributed by atoms with van der Waals surface area (Å²) in [5, 5.41) is 1.62. The molecule has 4 rings (SSSR count). The van der Waals surface area contributed by atoms with E-state index in [1.807, 2.05) is 24.4 Å². The summed E-state index contributed by atoms with van der Waals surface area (Å²) in [6.45, 7) is 0.463. The summed E-state index contributed by atoms with van der Waals surface area (Å²) in [4.78, 5) is 30.9. The van der Waals surface area contributed by atoms with Crippen LogP contribution in [0.25, 0.3) is 21.8 Å². The number of hydrogen-bond donors (Lipinski definition) is 2. The first kappa shape index (κ1) is 17.2. The first-order chi connectivity index (χ1) is 13.1. The number of esters is 1. The molecule has 0 radical (unpaired) electrons. The van der Waals surface area contributed by atoms with Gasteiger partial charge in [0.05, 0.1) is 23.6 Å². The Hall–Kier alpha value is -3.19. The van der Waals surface area contributed by atoms with Crippen molar-refractivity contribution in [2.45, 2.75) is 13.0 Å². The standard InChI is InChI=1S/C20H17N3O3S/c1-26-19(25)12-6-7-15-17(10-12)22-20(27)23(18(15)24)9-8-13-11-21-16-5-3-2-4-14(13)16/h2-7,10-11,21H,8-9H2,1H3,(H,22,27). The number of aromatic amines is 2. The predicted octanol–water partition coefficient (Wildman–Crippen LogP) is 3.57. The molecule has 0 atom stereocenters. The van der Waals surface area contributed by atoms with Gasteiger partial charge < -0.3 is 14.7 Å². The number of para-hydroxylation sites is 1. The number of nitrogens with zero attached hydrogens (tertiary/aromatic N) is 1. The first-order valence-corrected chi connectivity index (χ1v) is 8.89. The lowest BCUT2D eigenvalue weighted by Crippen LogP contribution is -2.23. The molecule has 7 heteroatoms. The van der Waals surface area contributed by atoms with Crippen molar-refractivity contribution < 1.29 is 9.53 Å². The number of H-pyrrole nitrogens is 2. The molecule has 2 aromatic carbocycles. The molecule has 0 saturated carbocycles. The lowest BCUT2D eigenvalue weighted by molar-refractivity contribution is 0.0601. The van der Waals surface area contributed by atoms with Crippen molar-refractivity contribution in [3.8, 4) is 0 Å². The molecule has 0 spiro atoms. The molecule has 0 bridgehead atoms. The Kier molecular flexibility index (Phi) is 4.37. The molecular weight excluding hydrogens is 362 g/mol. The monoisotopic (exact) mass is 379 g/mol. The van der Waals surface area contributed by atoms with Crippen molar-refractivity contribution in [2.24, 2.45) is 0 Å². The molecule has 2 heterocycles. The average molecular weight is 379 g/mol. The normalized spacial score (nSPS) is 11.1. The topological polar surface area (TPSA) is 79.9 Å². The summed E-state index contributed by atoms with van der Waals surface area (Å²) in [6.07, 6.45) is 2.64. The number of nitrogens with one attached hydrogen (secondary N) is 2. The van der Waals surface area contributed by atoms with Crippen molar-refractivity contribution in [3.63, 3.8) is 0 Å². The Bertz CT molecular complexity index is 1280. The molecule has 0 fully saturated rings. The van der Waals surface area contributed by atoms with Crippen LogP contribution in [0.4, 0.5) is 0 Å². The summed E-state index contributed by atoms with van der Waals surface area (Å²) < 4.78 is 6.60. The van der Waals surface area contributed by atoms with Crippen molar-refractivity contribution in [3.05, 3.63) is 74.9 Å². The van der Waals surface area contributed by atoms with Crippen LogP contribution < -0.4 is 5.56 Å². The highest BCUT2D eigenvalue weighted by Gasteiger charge is 2.11. The van der Waals surface area contributed by atoms with Crippen molar-refractivity contribution in [1.29, 1.82) is 0 Å². The number of methoxy groups -OCH3 is 1. The SMILES string of the molecule is COC(=O)c1ccc2c(=O)n(CCc3c[nH]c4ccccc34)c(=S)[nH]c2c1. The van der Waals surface area contributed by atoms with E-state index in [1.54, 1.807) is 22.8 Å². The summed E-state index contributed by atoms with van der Waals surface area (Å²) in [5.74, 6) is -0.459. The minimum Gasteiger partial charge on any atom is -0.465 e. The number of aryl methyl sites for hydroxylation is 1. The van der Waals surface area contributed by atoms with Crippen LogP contribution in [0.2, 0.25) is 0 Å². The van der Waals surface area contributed by atoms with Gasteiger partial charge in [-0.3, -0.25) is 9.36 Å². The van der Waals surface area contributed by atoms with Gasteiger partial charge in [0, 0.05) is 23.6 Å². The maximum absolute atomic E-state index is 12.9. The molecule has 0 saturated heterocycles. The number of aromatic nitrogens is 3. The number of fused-ring (bicyclic) bond motifs is 2. The smallest absolute Gasteiger partial charge is 0.337 e. The van der Waals surface area contributed by atoms with Crippen LogP contribution in [-0.4, -0.2) is 27.6 Å². The second kappa shape index (κ2) is 6.85. The van der Waals surface area contributed by atoms with E-state index in [1.165, 1.54) is 7.11 Å². The summed E-state index contributed by atoms with van der Waals surface area (Å²) in [6, 6.07) is 12.8. The summed E-state index contributed by atoms with van der Waals surface area (Å²) >= 11 is 5.38. The summed E-state index contributed by atoms with van der Waals surface area (Å²) in [5.41, 5.74) is 2.92. The van der Waals surface area contributed by atoms with Gasteiger partial charge in [0.25, 0.3) is 5.56 Å². The molecule has 2 N–H and O–H groups in total. The Labute approximate surface area is 159 Å². The number of carbonyl (C=O) groups is 1. The Balaban J connectivity index is 1.70. The molecule has 6 nitrogen and oxygen atoms in total. The second-order valence-electron chi connectivity index (χ2n) is 6.25. The van der Waals surface area contributed by atoms with E-state index in [2.05, 4.69) is 16.0 Å². The van der Waals surface area contributed by atoms with Gasteiger partial charge in [0.15, 0.2) is 4.77 Å². The van der Waals surface area contributed by atoms with Crippen LogP contribution >= 0.6 is 12.2 Å². The minimum absolute atomic E-state index is 0.176. The zero-order chi connectivity index (χ0) is 19.0. The van der Waals surface area contributed by atoms with Crippen molar-refractivity contribution in [2.75, 3.05) is 7.11 Å². The Morgan fingerprint density at radius 2 is 1.96 bits per heavy atom. The third-order valence-electron chi connectivity index (χ3n) is 4.68. The fraction of sp³-hybridized carbons (Fsp3) is 0.150. The number of carbonyl (C=O) groups excluding carboxylic acids is 1. The van der Waals surface area contributed by atoms with E-state index in [0.29, 0.717) is 34.2 Å². The lowest BCUT2D eigenvalue weighted by atomic mass is 10.1. The first-order valence-electron chi connectivity index (χ1n) is 8.48. The van der Waals surface area contributed by atoms with E-state index in [4.69, 9.17) is 17.0 Å². The quantitative estimate of drug-likeness (QED) is 0.420. The maximum atomic E-state index is 12.9. The zero-order valence-corrected chi connectivity index (χ0v) is 15.4. The van der Waals surface area contributed by atoms with E-state index < -0.39 is 5.97 Å². The highest BCUT2D eigenvalue weighted by Crippen LogP contribution is 2.18. The molecule has 0 unspecified atom stereocenters. The molecule has 4 aromatic rings. The third-order valence-corrected chi connectivity index (χ3v) is 5.01. The van der Waals surface area contributed by atoms with Gasteiger partial charge in [0.2, 0.25) is 0 Å².